The number of nitrogens with zero attached hydrogens (tertiary/aromatic N) is 1. The third kappa shape index (κ3) is 3.84. The smallest absolute Gasteiger partial charge is 0.410 e. The summed E-state index contributed by atoms with van der Waals surface area (Å²) in [5.74, 6) is 0. The Morgan fingerprint density at radius 1 is 1.23 bits per heavy atom. The molecule has 2 heterocycles. The number of epoxide rings is 1. The first-order valence-electron chi connectivity index (χ1n) is 8.11. The fourth-order valence-electron chi connectivity index (χ4n) is 2.37. The maximum atomic E-state index is 12.4. The lowest BCUT2D eigenvalue weighted by Gasteiger charge is -2.38. The first-order chi connectivity index (χ1) is 9.82. The number of amides is 1. The van der Waals surface area contributed by atoms with E-state index in [2.05, 4.69) is 33.9 Å². The second-order valence-electron chi connectivity index (χ2n) is 8.91. The summed E-state index contributed by atoms with van der Waals surface area (Å²) in [4.78, 5) is 14.2. The van der Waals surface area contributed by atoms with Gasteiger partial charge in [0.05, 0.1) is 19.2 Å². The van der Waals surface area contributed by atoms with Crippen molar-refractivity contribution in [1.29, 1.82) is 0 Å². The first kappa shape index (κ1) is 17.8. The van der Waals surface area contributed by atoms with Crippen molar-refractivity contribution < 1.29 is 18.7 Å². The zero-order chi connectivity index (χ0) is 16.9. The zero-order valence-corrected chi connectivity index (χ0v) is 16.2. The summed E-state index contributed by atoms with van der Waals surface area (Å²) in [5, 5.41) is 0.159. The van der Waals surface area contributed by atoms with E-state index in [0.717, 1.165) is 0 Å². The molecular weight excluding hydrogens is 298 g/mol. The molecule has 0 spiro atoms. The normalized spacial score (nSPS) is 28.5. The summed E-state index contributed by atoms with van der Waals surface area (Å²) in [6.07, 6.45) is 0.0324. The number of morpholine rings is 1. The van der Waals surface area contributed by atoms with Crippen LogP contribution in [0.15, 0.2) is 0 Å². The third-order valence-electron chi connectivity index (χ3n) is 4.83. The molecule has 0 aromatic carbocycles. The number of ether oxygens (including phenoxy) is 2. The van der Waals surface area contributed by atoms with Gasteiger partial charge in [0.1, 0.15) is 17.8 Å². The van der Waals surface area contributed by atoms with E-state index in [9.17, 15) is 4.79 Å². The van der Waals surface area contributed by atoms with Gasteiger partial charge in [-0.3, -0.25) is 4.90 Å². The van der Waals surface area contributed by atoms with Crippen LogP contribution >= 0.6 is 0 Å². The molecule has 5 nitrogen and oxygen atoms in total. The first-order valence-corrected chi connectivity index (χ1v) is 11.0. The average molecular weight is 330 g/mol. The van der Waals surface area contributed by atoms with Crippen molar-refractivity contribution >= 4 is 14.4 Å². The molecule has 2 rings (SSSR count). The van der Waals surface area contributed by atoms with Crippen molar-refractivity contribution in [1.82, 2.24) is 4.90 Å². The Morgan fingerprint density at radius 2 is 1.82 bits per heavy atom. The van der Waals surface area contributed by atoms with Crippen LogP contribution < -0.4 is 0 Å². The predicted molar refractivity (Wildman–Crippen MR) is 88.5 cm³/mol. The molecule has 0 bridgehead atoms. The Bertz CT molecular complexity index is 438. The molecule has 0 aromatic heterocycles. The van der Waals surface area contributed by atoms with Gasteiger partial charge < -0.3 is 13.9 Å². The van der Waals surface area contributed by atoms with Gasteiger partial charge in [0.25, 0.3) is 0 Å². The second kappa shape index (κ2) is 5.49. The SMILES string of the molecule is CC(C)(C)OC(=O)N1CC2OC2C1CO[Si](C)(C)C(C)(C)C. The molecular formula is C16H31NO4Si. The third-order valence-corrected chi connectivity index (χ3v) is 9.33. The standard InChI is InChI=1S/C16H31NO4Si/c1-15(2,3)21-14(18)17-9-12-13(20-12)11(17)10-19-22(7,8)16(4,5)6/h11-13H,9-10H2,1-8H3. The van der Waals surface area contributed by atoms with Gasteiger partial charge in [0, 0.05) is 0 Å². The van der Waals surface area contributed by atoms with Crippen LogP contribution in [0.4, 0.5) is 4.79 Å². The highest BCUT2D eigenvalue weighted by molar-refractivity contribution is 6.74. The zero-order valence-electron chi connectivity index (χ0n) is 15.2. The Kier molecular flexibility index (Phi) is 4.43. The van der Waals surface area contributed by atoms with Gasteiger partial charge in [-0.1, -0.05) is 20.8 Å². The van der Waals surface area contributed by atoms with E-state index in [1.165, 1.54) is 0 Å². The fraction of sp³-hybridized carbons (Fsp3) is 0.938. The highest BCUT2D eigenvalue weighted by atomic mass is 28.4. The van der Waals surface area contributed by atoms with Gasteiger partial charge in [-0.15, -0.1) is 0 Å². The van der Waals surface area contributed by atoms with Crippen molar-refractivity contribution in [2.75, 3.05) is 13.2 Å². The lowest BCUT2D eigenvalue weighted by Crippen LogP contribution is -2.49. The van der Waals surface area contributed by atoms with Gasteiger partial charge in [-0.2, -0.15) is 0 Å². The fourth-order valence-corrected chi connectivity index (χ4v) is 3.39. The summed E-state index contributed by atoms with van der Waals surface area (Å²) in [6, 6.07) is -0.0195. The van der Waals surface area contributed by atoms with Crippen LogP contribution in [0.2, 0.25) is 18.1 Å². The molecule has 0 saturated carbocycles. The summed E-state index contributed by atoms with van der Waals surface area (Å²) in [6.45, 7) is 17.9. The molecule has 6 heteroatoms. The van der Waals surface area contributed by atoms with Crippen molar-refractivity contribution in [2.45, 2.75) is 83.5 Å². The minimum Gasteiger partial charge on any atom is -0.444 e. The lowest BCUT2D eigenvalue weighted by molar-refractivity contribution is 0.00582. The quantitative estimate of drug-likeness (QED) is 0.588. The maximum Gasteiger partial charge on any atom is 0.410 e. The minimum atomic E-state index is -1.83. The number of rotatable bonds is 3. The molecule has 1 amide bonds. The monoisotopic (exact) mass is 329 g/mol. The summed E-state index contributed by atoms with van der Waals surface area (Å²) in [5.41, 5.74) is -0.477. The Balaban J connectivity index is 1.98. The molecule has 0 aromatic rings. The number of fused-ring (bicyclic) bond motifs is 1. The Morgan fingerprint density at radius 3 is 2.32 bits per heavy atom. The average Bonchev–Trinajstić information content (AvgIpc) is 2.96. The van der Waals surface area contributed by atoms with Crippen LogP contribution in [0.3, 0.4) is 0 Å². The lowest BCUT2D eigenvalue weighted by atomic mass is 10.2. The van der Waals surface area contributed by atoms with Crippen molar-refractivity contribution in [3.8, 4) is 0 Å². The van der Waals surface area contributed by atoms with E-state index in [1.54, 1.807) is 4.90 Å². The second-order valence-corrected chi connectivity index (χ2v) is 13.7. The van der Waals surface area contributed by atoms with Crippen LogP contribution in [0.5, 0.6) is 0 Å². The molecule has 0 aliphatic carbocycles. The number of likely N-dealkylation sites (tertiary alicyclic amines) is 1. The van der Waals surface area contributed by atoms with Crippen LogP contribution in [-0.4, -0.2) is 56.3 Å². The minimum absolute atomic E-state index is 0.0195. The van der Waals surface area contributed by atoms with Crippen LogP contribution in [0.1, 0.15) is 41.5 Å². The topological polar surface area (TPSA) is 51.3 Å². The van der Waals surface area contributed by atoms with Crippen molar-refractivity contribution in [3.63, 3.8) is 0 Å². The molecule has 128 valence electrons. The van der Waals surface area contributed by atoms with E-state index >= 15 is 0 Å². The highest BCUT2D eigenvalue weighted by Gasteiger charge is 2.57. The van der Waals surface area contributed by atoms with E-state index in [1.807, 2.05) is 20.8 Å². The summed E-state index contributed by atoms with van der Waals surface area (Å²) >= 11 is 0. The molecule has 2 fully saturated rings. The number of carbonyl (C=O) groups is 1. The van der Waals surface area contributed by atoms with Crippen LogP contribution in [0, 0.1) is 0 Å². The van der Waals surface area contributed by atoms with Crippen LogP contribution in [-0.2, 0) is 13.9 Å². The molecule has 2 saturated heterocycles. The largest absolute Gasteiger partial charge is 0.444 e. The van der Waals surface area contributed by atoms with Crippen LogP contribution in [0.25, 0.3) is 0 Å². The van der Waals surface area contributed by atoms with E-state index in [0.29, 0.717) is 13.2 Å². The molecule has 0 radical (unpaired) electrons. The van der Waals surface area contributed by atoms with E-state index < -0.39 is 13.9 Å². The van der Waals surface area contributed by atoms with Gasteiger partial charge in [0.2, 0.25) is 0 Å². The molecule has 3 unspecified atom stereocenters. The van der Waals surface area contributed by atoms with Gasteiger partial charge >= 0.3 is 6.09 Å². The summed E-state index contributed by atoms with van der Waals surface area (Å²) in [7, 11) is -1.83. The number of hydrogen-bond acceptors (Lipinski definition) is 4. The molecule has 2 aliphatic rings. The van der Waals surface area contributed by atoms with Gasteiger partial charge in [-0.05, 0) is 38.9 Å². The Labute approximate surface area is 135 Å². The number of hydrogen-bond donors (Lipinski definition) is 0. The van der Waals surface area contributed by atoms with Crippen molar-refractivity contribution in [2.24, 2.45) is 0 Å². The van der Waals surface area contributed by atoms with Gasteiger partial charge in [-0.25, -0.2) is 4.79 Å². The molecule has 0 N–H and O–H groups in total. The highest BCUT2D eigenvalue weighted by Crippen LogP contribution is 2.40. The maximum absolute atomic E-state index is 12.4. The molecule has 3 atom stereocenters. The predicted octanol–water partition coefficient (Wildman–Crippen LogP) is 3.39. The molecule has 2 aliphatic heterocycles. The number of carbonyl (C=O) groups excluding carboxylic acids is 1. The Hall–Kier alpha value is -0.593. The van der Waals surface area contributed by atoms with E-state index in [-0.39, 0.29) is 29.4 Å². The summed E-state index contributed by atoms with van der Waals surface area (Å²) < 4.78 is 17.4. The van der Waals surface area contributed by atoms with Crippen molar-refractivity contribution in [3.05, 3.63) is 0 Å². The van der Waals surface area contributed by atoms with E-state index in [4.69, 9.17) is 13.9 Å². The molecule has 22 heavy (non-hydrogen) atoms. The van der Waals surface area contributed by atoms with Gasteiger partial charge in [0.15, 0.2) is 8.32 Å².